The van der Waals surface area contributed by atoms with Crippen LogP contribution in [-0.2, 0) is 14.6 Å². The summed E-state index contributed by atoms with van der Waals surface area (Å²) >= 11 is 0. The quantitative estimate of drug-likeness (QED) is 0.446. The molecule has 0 unspecified atom stereocenters. The topological polar surface area (TPSA) is 79.0 Å². The number of nitrogens with one attached hydrogen (secondary N) is 2. The van der Waals surface area contributed by atoms with Crippen molar-refractivity contribution < 1.29 is 13.2 Å². The Labute approximate surface area is 193 Å². The number of rotatable bonds is 6. The van der Waals surface area contributed by atoms with Crippen LogP contribution in [-0.4, -0.2) is 37.4 Å². The Hall–Kier alpha value is -3.38. The van der Waals surface area contributed by atoms with Crippen molar-refractivity contribution in [3.8, 4) is 11.3 Å². The SMILES string of the molecule is O=C(NC[C@H](c1ccccc1)c1c(-c2ccccc2)[nH]c2ccccc12)[C@@H]1CCS(=O)(=O)C1. The molecule has 1 fully saturated rings. The third-order valence-electron chi connectivity index (χ3n) is 6.44. The van der Waals surface area contributed by atoms with Crippen LogP contribution < -0.4 is 5.32 Å². The van der Waals surface area contributed by atoms with E-state index in [1.54, 1.807) is 0 Å². The molecule has 5 nitrogen and oxygen atoms in total. The largest absolute Gasteiger partial charge is 0.355 e. The minimum absolute atomic E-state index is 0.0583. The third-order valence-corrected chi connectivity index (χ3v) is 8.21. The molecule has 0 aliphatic carbocycles. The first-order valence-corrected chi connectivity index (χ1v) is 13.0. The molecule has 0 bridgehead atoms. The molecule has 1 amide bonds. The standard InChI is InChI=1S/C27H26N2O3S/c30-27(21-15-16-33(31,32)18-21)28-17-23(19-9-3-1-4-10-19)25-22-13-7-8-14-24(22)29-26(25)20-11-5-2-6-12-20/h1-14,21,23,29H,15-18H2,(H,28,30)/t21-,23-/m1/s1. The van der Waals surface area contributed by atoms with Gasteiger partial charge in [-0.3, -0.25) is 4.79 Å². The Bertz CT molecular complexity index is 1380. The molecule has 0 spiro atoms. The van der Waals surface area contributed by atoms with Gasteiger partial charge < -0.3 is 10.3 Å². The summed E-state index contributed by atoms with van der Waals surface area (Å²) in [5, 5.41) is 4.19. The molecule has 3 aromatic carbocycles. The molecule has 2 N–H and O–H groups in total. The van der Waals surface area contributed by atoms with Crippen LogP contribution in [0.25, 0.3) is 22.2 Å². The molecular weight excluding hydrogens is 432 g/mol. The molecule has 1 saturated heterocycles. The molecule has 1 aliphatic heterocycles. The number of fused-ring (bicyclic) bond motifs is 1. The molecule has 5 rings (SSSR count). The summed E-state index contributed by atoms with van der Waals surface area (Å²) in [6.45, 7) is 0.390. The minimum Gasteiger partial charge on any atom is -0.355 e. The van der Waals surface area contributed by atoms with Crippen molar-refractivity contribution in [2.45, 2.75) is 12.3 Å². The fourth-order valence-corrected chi connectivity index (χ4v) is 6.52. The number of hydrogen-bond acceptors (Lipinski definition) is 3. The van der Waals surface area contributed by atoms with E-state index < -0.39 is 15.8 Å². The van der Waals surface area contributed by atoms with E-state index in [9.17, 15) is 13.2 Å². The lowest BCUT2D eigenvalue weighted by Gasteiger charge is -2.21. The van der Waals surface area contributed by atoms with Gasteiger partial charge in [0.1, 0.15) is 0 Å². The molecule has 1 aromatic heterocycles. The highest BCUT2D eigenvalue weighted by molar-refractivity contribution is 7.91. The predicted molar refractivity (Wildman–Crippen MR) is 132 cm³/mol. The number of amides is 1. The predicted octanol–water partition coefficient (Wildman–Crippen LogP) is 4.52. The molecule has 1 aliphatic rings. The minimum atomic E-state index is -3.11. The van der Waals surface area contributed by atoms with Crippen molar-refractivity contribution in [1.29, 1.82) is 0 Å². The maximum absolute atomic E-state index is 12.9. The normalized spacial score (nSPS) is 18.2. The molecule has 33 heavy (non-hydrogen) atoms. The molecule has 168 valence electrons. The monoisotopic (exact) mass is 458 g/mol. The molecule has 2 heterocycles. The maximum atomic E-state index is 12.9. The van der Waals surface area contributed by atoms with Crippen LogP contribution in [0, 0.1) is 5.92 Å². The van der Waals surface area contributed by atoms with Gasteiger partial charge in [0.05, 0.1) is 23.1 Å². The highest BCUT2D eigenvalue weighted by atomic mass is 32.2. The number of benzene rings is 3. The molecule has 2 atom stereocenters. The van der Waals surface area contributed by atoms with Crippen molar-refractivity contribution in [2.24, 2.45) is 5.92 Å². The number of H-pyrrole nitrogens is 1. The number of aromatic amines is 1. The van der Waals surface area contributed by atoms with Crippen LogP contribution in [0.4, 0.5) is 0 Å². The highest BCUT2D eigenvalue weighted by Gasteiger charge is 2.33. The van der Waals surface area contributed by atoms with E-state index in [4.69, 9.17) is 0 Å². The van der Waals surface area contributed by atoms with Crippen LogP contribution in [0.5, 0.6) is 0 Å². The third kappa shape index (κ3) is 4.44. The number of aromatic nitrogens is 1. The lowest BCUT2D eigenvalue weighted by Crippen LogP contribution is -2.34. The fraction of sp³-hybridized carbons (Fsp3) is 0.222. The average molecular weight is 459 g/mol. The number of sulfone groups is 1. The zero-order chi connectivity index (χ0) is 22.8. The van der Waals surface area contributed by atoms with E-state index in [-0.39, 0.29) is 23.3 Å². The second kappa shape index (κ2) is 8.87. The van der Waals surface area contributed by atoms with Gasteiger partial charge >= 0.3 is 0 Å². The van der Waals surface area contributed by atoms with Crippen LogP contribution in [0.15, 0.2) is 84.9 Å². The second-order valence-corrected chi connectivity index (χ2v) is 10.9. The Kier molecular flexibility index (Phi) is 5.77. The van der Waals surface area contributed by atoms with Crippen molar-refractivity contribution in [2.75, 3.05) is 18.1 Å². The van der Waals surface area contributed by atoms with Crippen LogP contribution in [0.2, 0.25) is 0 Å². The second-order valence-electron chi connectivity index (χ2n) is 8.63. The first-order chi connectivity index (χ1) is 16.0. The van der Waals surface area contributed by atoms with Gasteiger partial charge in [0.15, 0.2) is 9.84 Å². The Morgan fingerprint density at radius 3 is 2.30 bits per heavy atom. The number of carbonyl (C=O) groups excluding carboxylic acids is 1. The van der Waals surface area contributed by atoms with Gasteiger partial charge in [-0.2, -0.15) is 0 Å². The van der Waals surface area contributed by atoms with E-state index in [1.165, 1.54) is 0 Å². The van der Waals surface area contributed by atoms with Crippen LogP contribution in [0.3, 0.4) is 0 Å². The molecule has 0 saturated carbocycles. The number of para-hydroxylation sites is 1. The highest BCUT2D eigenvalue weighted by Crippen LogP contribution is 2.38. The van der Waals surface area contributed by atoms with Gasteiger partial charge in [-0.15, -0.1) is 0 Å². The van der Waals surface area contributed by atoms with Gasteiger partial charge in [-0.05, 0) is 29.2 Å². The Balaban J connectivity index is 1.56. The summed E-state index contributed by atoms with van der Waals surface area (Å²) in [7, 11) is -3.11. The molecular formula is C27H26N2O3S. The van der Waals surface area contributed by atoms with Crippen LogP contribution in [0.1, 0.15) is 23.5 Å². The van der Waals surface area contributed by atoms with Crippen molar-refractivity contribution in [3.63, 3.8) is 0 Å². The Morgan fingerprint density at radius 1 is 0.939 bits per heavy atom. The summed E-state index contributed by atoms with van der Waals surface area (Å²) in [4.78, 5) is 16.5. The zero-order valence-corrected chi connectivity index (χ0v) is 19.0. The van der Waals surface area contributed by atoms with E-state index in [2.05, 4.69) is 46.7 Å². The van der Waals surface area contributed by atoms with E-state index in [1.807, 2.05) is 48.5 Å². The summed E-state index contributed by atoms with van der Waals surface area (Å²) in [5.74, 6) is -0.717. The van der Waals surface area contributed by atoms with E-state index in [0.29, 0.717) is 13.0 Å². The van der Waals surface area contributed by atoms with Gasteiger partial charge in [0.2, 0.25) is 5.91 Å². The van der Waals surface area contributed by atoms with Crippen molar-refractivity contribution in [3.05, 3.63) is 96.1 Å². The lowest BCUT2D eigenvalue weighted by molar-refractivity contribution is -0.124. The molecule has 0 radical (unpaired) electrons. The number of hydrogen-bond donors (Lipinski definition) is 2. The van der Waals surface area contributed by atoms with Gasteiger partial charge in [-0.1, -0.05) is 78.9 Å². The van der Waals surface area contributed by atoms with E-state index in [0.717, 1.165) is 33.3 Å². The summed E-state index contributed by atoms with van der Waals surface area (Å²) in [5.41, 5.74) is 5.38. The van der Waals surface area contributed by atoms with E-state index >= 15 is 0 Å². The first-order valence-electron chi connectivity index (χ1n) is 11.2. The van der Waals surface area contributed by atoms with Gasteiger partial charge in [0, 0.05) is 23.4 Å². The summed E-state index contributed by atoms with van der Waals surface area (Å²) in [6, 6.07) is 28.5. The first kappa shape index (κ1) is 21.5. The molecule has 6 heteroatoms. The zero-order valence-electron chi connectivity index (χ0n) is 18.2. The van der Waals surface area contributed by atoms with Crippen molar-refractivity contribution in [1.82, 2.24) is 10.3 Å². The average Bonchev–Trinajstić information content (AvgIpc) is 3.41. The van der Waals surface area contributed by atoms with Crippen molar-refractivity contribution >= 4 is 26.6 Å². The fourth-order valence-electron chi connectivity index (χ4n) is 4.78. The summed E-state index contributed by atoms with van der Waals surface area (Å²) in [6.07, 6.45) is 0.395. The van der Waals surface area contributed by atoms with Crippen LogP contribution >= 0.6 is 0 Å². The van der Waals surface area contributed by atoms with Gasteiger partial charge in [0.25, 0.3) is 0 Å². The Morgan fingerprint density at radius 2 is 1.61 bits per heavy atom. The number of carbonyl (C=O) groups is 1. The summed E-state index contributed by atoms with van der Waals surface area (Å²) < 4.78 is 23.7. The molecule has 4 aromatic rings. The van der Waals surface area contributed by atoms with Gasteiger partial charge in [-0.25, -0.2) is 8.42 Å². The smallest absolute Gasteiger partial charge is 0.224 e. The maximum Gasteiger partial charge on any atom is 0.224 e. The lowest BCUT2D eigenvalue weighted by atomic mass is 9.87.